The fourth-order valence-corrected chi connectivity index (χ4v) is 2.02. The van der Waals surface area contributed by atoms with E-state index in [1.807, 2.05) is 6.07 Å². The molecule has 2 aromatic carbocycles. The van der Waals surface area contributed by atoms with Crippen LogP contribution in [0.25, 0.3) is 0 Å². The number of para-hydroxylation sites is 1. The van der Waals surface area contributed by atoms with Crippen molar-refractivity contribution < 1.29 is 19.1 Å². The Labute approximate surface area is 139 Å². The van der Waals surface area contributed by atoms with Gasteiger partial charge in [0, 0.05) is 5.69 Å². The van der Waals surface area contributed by atoms with Crippen LogP contribution in [-0.2, 0) is 16.0 Å². The summed E-state index contributed by atoms with van der Waals surface area (Å²) in [6.45, 7) is -0.406. The first-order valence-corrected chi connectivity index (χ1v) is 7.20. The molecule has 2 aromatic rings. The lowest BCUT2D eigenvalue weighted by atomic mass is 10.1. The lowest BCUT2D eigenvalue weighted by Crippen LogP contribution is -2.21. The summed E-state index contributed by atoms with van der Waals surface area (Å²) >= 11 is 0. The first-order valence-electron chi connectivity index (χ1n) is 7.20. The highest BCUT2D eigenvalue weighted by Gasteiger charge is 2.14. The number of anilines is 1. The van der Waals surface area contributed by atoms with Crippen LogP contribution in [0.4, 0.5) is 5.69 Å². The van der Waals surface area contributed by atoms with Crippen LogP contribution >= 0.6 is 0 Å². The van der Waals surface area contributed by atoms with Crippen LogP contribution in [0.2, 0.25) is 0 Å². The minimum Gasteiger partial charge on any atom is -0.496 e. The summed E-state index contributed by atoms with van der Waals surface area (Å²) < 4.78 is 10.1. The maximum Gasteiger partial charge on any atom is 0.342 e. The Morgan fingerprint density at radius 2 is 1.83 bits per heavy atom. The lowest BCUT2D eigenvalue weighted by Gasteiger charge is -2.09. The minimum absolute atomic E-state index is 0.258. The van der Waals surface area contributed by atoms with Crippen molar-refractivity contribution in [3.05, 3.63) is 59.7 Å². The molecule has 0 aliphatic rings. The number of hydrogen-bond donors (Lipinski definition) is 1. The Bertz CT molecular complexity index is 763. The van der Waals surface area contributed by atoms with Crippen molar-refractivity contribution in [2.24, 2.45) is 0 Å². The Balaban J connectivity index is 1.88. The van der Waals surface area contributed by atoms with Gasteiger partial charge in [0.1, 0.15) is 11.3 Å². The number of nitrogens with one attached hydrogen (secondary N) is 1. The van der Waals surface area contributed by atoms with Crippen molar-refractivity contribution >= 4 is 17.6 Å². The van der Waals surface area contributed by atoms with Crippen molar-refractivity contribution in [2.75, 3.05) is 19.0 Å². The van der Waals surface area contributed by atoms with Gasteiger partial charge in [0.15, 0.2) is 6.61 Å². The van der Waals surface area contributed by atoms with Crippen molar-refractivity contribution in [2.45, 2.75) is 6.42 Å². The van der Waals surface area contributed by atoms with Gasteiger partial charge in [0.2, 0.25) is 0 Å². The highest BCUT2D eigenvalue weighted by atomic mass is 16.5. The van der Waals surface area contributed by atoms with E-state index >= 15 is 0 Å². The molecule has 2 rings (SSSR count). The van der Waals surface area contributed by atoms with Gasteiger partial charge in [-0.1, -0.05) is 24.3 Å². The number of benzene rings is 2. The third-order valence-corrected chi connectivity index (χ3v) is 3.18. The molecule has 24 heavy (non-hydrogen) atoms. The van der Waals surface area contributed by atoms with Gasteiger partial charge in [-0.15, -0.1) is 0 Å². The number of hydrogen-bond acceptors (Lipinski definition) is 5. The molecule has 0 unspecified atom stereocenters. The van der Waals surface area contributed by atoms with E-state index in [2.05, 4.69) is 5.32 Å². The average molecular weight is 324 g/mol. The number of nitriles is 1. The van der Waals surface area contributed by atoms with Crippen molar-refractivity contribution in [3.63, 3.8) is 0 Å². The van der Waals surface area contributed by atoms with Crippen LogP contribution in [0.3, 0.4) is 0 Å². The van der Waals surface area contributed by atoms with Crippen LogP contribution < -0.4 is 10.1 Å². The fourth-order valence-electron chi connectivity index (χ4n) is 2.02. The molecule has 6 heteroatoms. The molecule has 0 saturated heterocycles. The fraction of sp³-hybridized carbons (Fsp3) is 0.167. The molecule has 0 bridgehead atoms. The number of carbonyl (C=O) groups excluding carboxylic acids is 2. The Kier molecular flexibility index (Phi) is 5.92. The summed E-state index contributed by atoms with van der Waals surface area (Å²) in [5.74, 6) is -0.700. The zero-order chi connectivity index (χ0) is 17.4. The zero-order valence-corrected chi connectivity index (χ0v) is 13.1. The molecule has 6 nitrogen and oxygen atoms in total. The second-order valence-electron chi connectivity index (χ2n) is 4.86. The number of esters is 1. The van der Waals surface area contributed by atoms with Crippen LogP contribution in [0.5, 0.6) is 5.75 Å². The summed E-state index contributed by atoms with van der Waals surface area (Å²) in [5.41, 5.74) is 1.68. The van der Waals surface area contributed by atoms with Gasteiger partial charge in [-0.2, -0.15) is 5.26 Å². The molecule has 0 aromatic heterocycles. The van der Waals surface area contributed by atoms with E-state index in [1.54, 1.807) is 48.5 Å². The SMILES string of the molecule is COc1ccccc1C(=O)OCC(=O)Nc1ccc(CC#N)cc1. The molecule has 0 heterocycles. The molecule has 0 saturated carbocycles. The van der Waals surface area contributed by atoms with Gasteiger partial charge in [-0.25, -0.2) is 4.79 Å². The Morgan fingerprint density at radius 3 is 2.50 bits per heavy atom. The maximum absolute atomic E-state index is 12.0. The van der Waals surface area contributed by atoms with Crippen LogP contribution in [0, 0.1) is 11.3 Å². The smallest absolute Gasteiger partial charge is 0.342 e. The summed E-state index contributed by atoms with van der Waals surface area (Å²) in [4.78, 5) is 23.8. The molecular weight excluding hydrogens is 308 g/mol. The van der Waals surface area contributed by atoms with Gasteiger partial charge < -0.3 is 14.8 Å². The number of carbonyl (C=O) groups is 2. The van der Waals surface area contributed by atoms with E-state index in [9.17, 15) is 9.59 Å². The van der Waals surface area contributed by atoms with Crippen LogP contribution in [0.15, 0.2) is 48.5 Å². The molecule has 122 valence electrons. The molecule has 0 aliphatic carbocycles. The van der Waals surface area contributed by atoms with E-state index in [1.165, 1.54) is 7.11 Å². The second kappa shape index (κ2) is 8.34. The molecule has 0 fully saturated rings. The van der Waals surface area contributed by atoms with Gasteiger partial charge >= 0.3 is 5.97 Å². The van der Waals surface area contributed by atoms with Gasteiger partial charge in [-0.05, 0) is 29.8 Å². The van der Waals surface area contributed by atoms with E-state index < -0.39 is 18.5 Å². The topological polar surface area (TPSA) is 88.4 Å². The third-order valence-electron chi connectivity index (χ3n) is 3.18. The highest BCUT2D eigenvalue weighted by molar-refractivity contribution is 5.96. The standard InChI is InChI=1S/C18H16N2O4/c1-23-16-5-3-2-4-15(16)18(22)24-12-17(21)20-14-8-6-13(7-9-14)10-11-19/h2-9H,10,12H2,1H3,(H,20,21). The van der Waals surface area contributed by atoms with E-state index in [0.717, 1.165) is 5.56 Å². The number of ether oxygens (including phenoxy) is 2. The molecule has 0 atom stereocenters. The number of amides is 1. The average Bonchev–Trinajstić information content (AvgIpc) is 2.61. The lowest BCUT2D eigenvalue weighted by molar-refractivity contribution is -0.119. The largest absolute Gasteiger partial charge is 0.496 e. The van der Waals surface area contributed by atoms with Crippen LogP contribution in [-0.4, -0.2) is 25.6 Å². The predicted molar refractivity (Wildman–Crippen MR) is 87.7 cm³/mol. The van der Waals surface area contributed by atoms with Crippen molar-refractivity contribution in [1.82, 2.24) is 0 Å². The minimum atomic E-state index is -0.632. The van der Waals surface area contributed by atoms with E-state index in [4.69, 9.17) is 14.7 Å². The van der Waals surface area contributed by atoms with Gasteiger partial charge in [0.05, 0.1) is 19.6 Å². The third kappa shape index (κ3) is 4.58. The summed E-state index contributed by atoms with van der Waals surface area (Å²) in [7, 11) is 1.45. The first-order chi connectivity index (χ1) is 11.6. The normalized spacial score (nSPS) is 9.67. The zero-order valence-electron chi connectivity index (χ0n) is 13.1. The number of rotatable bonds is 6. The molecular formula is C18H16N2O4. The number of methoxy groups -OCH3 is 1. The quantitative estimate of drug-likeness (QED) is 0.825. The first kappa shape index (κ1) is 17.0. The highest BCUT2D eigenvalue weighted by Crippen LogP contribution is 2.18. The van der Waals surface area contributed by atoms with Crippen LogP contribution in [0.1, 0.15) is 15.9 Å². The number of nitrogens with zero attached hydrogens (tertiary/aromatic N) is 1. The molecule has 1 N–H and O–H groups in total. The molecule has 0 spiro atoms. The van der Waals surface area contributed by atoms with Gasteiger partial charge in [-0.3, -0.25) is 4.79 Å². The molecule has 0 radical (unpaired) electrons. The molecule has 1 amide bonds. The predicted octanol–water partition coefficient (Wildman–Crippen LogP) is 2.56. The Hall–Kier alpha value is -3.33. The summed E-state index contributed by atoms with van der Waals surface area (Å²) in [6, 6.07) is 15.5. The van der Waals surface area contributed by atoms with E-state index in [0.29, 0.717) is 17.9 Å². The van der Waals surface area contributed by atoms with Crippen molar-refractivity contribution in [3.8, 4) is 11.8 Å². The molecule has 0 aliphatic heterocycles. The monoisotopic (exact) mass is 324 g/mol. The second-order valence-corrected chi connectivity index (χ2v) is 4.86. The Morgan fingerprint density at radius 1 is 1.12 bits per heavy atom. The maximum atomic E-state index is 12.0. The van der Waals surface area contributed by atoms with Crippen molar-refractivity contribution in [1.29, 1.82) is 5.26 Å². The summed E-state index contributed by atoms with van der Waals surface area (Å²) in [5, 5.41) is 11.2. The van der Waals surface area contributed by atoms with E-state index in [-0.39, 0.29) is 5.56 Å². The van der Waals surface area contributed by atoms with Gasteiger partial charge in [0.25, 0.3) is 5.91 Å². The summed E-state index contributed by atoms with van der Waals surface area (Å²) in [6.07, 6.45) is 0.310.